The normalized spacial score (nSPS) is 16.5. The minimum Gasteiger partial charge on any atom is -0.480 e. The standard InChI is InChI=1S/C16H22N2O3/c1-11-5-6-12(2)13(9-11)10-17-15(21)18-16(14(19)20)7-3-4-8-16/h5-6,9H,3-4,7-8,10H2,1-2H3,(H,19,20)(H2,17,18,21). The van der Waals surface area contributed by atoms with Crippen molar-refractivity contribution in [3.05, 3.63) is 34.9 Å². The fourth-order valence-corrected chi connectivity index (χ4v) is 2.80. The van der Waals surface area contributed by atoms with Crippen LogP contribution in [0.2, 0.25) is 0 Å². The number of aryl methyl sites for hydroxylation is 2. The molecule has 0 unspecified atom stereocenters. The zero-order valence-corrected chi connectivity index (χ0v) is 12.5. The Labute approximate surface area is 124 Å². The quantitative estimate of drug-likeness (QED) is 0.797. The Bertz CT molecular complexity index is 548. The number of benzene rings is 1. The zero-order valence-electron chi connectivity index (χ0n) is 12.5. The molecule has 21 heavy (non-hydrogen) atoms. The molecule has 1 aliphatic carbocycles. The molecule has 3 N–H and O–H groups in total. The van der Waals surface area contributed by atoms with Crippen LogP contribution < -0.4 is 10.6 Å². The highest BCUT2D eigenvalue weighted by atomic mass is 16.4. The van der Waals surface area contributed by atoms with Gasteiger partial charge in [0.05, 0.1) is 0 Å². The minimum absolute atomic E-state index is 0.398. The summed E-state index contributed by atoms with van der Waals surface area (Å²) in [7, 11) is 0. The minimum atomic E-state index is -1.09. The zero-order chi connectivity index (χ0) is 15.5. The van der Waals surface area contributed by atoms with Gasteiger partial charge >= 0.3 is 12.0 Å². The van der Waals surface area contributed by atoms with E-state index in [0.717, 1.165) is 29.5 Å². The lowest BCUT2D eigenvalue weighted by Gasteiger charge is -2.25. The van der Waals surface area contributed by atoms with E-state index in [1.54, 1.807) is 0 Å². The van der Waals surface area contributed by atoms with Crippen LogP contribution in [-0.2, 0) is 11.3 Å². The predicted octanol–water partition coefficient (Wildman–Crippen LogP) is 2.50. The molecule has 1 fully saturated rings. The van der Waals surface area contributed by atoms with Gasteiger partial charge in [0, 0.05) is 6.54 Å². The van der Waals surface area contributed by atoms with Crippen LogP contribution in [0.15, 0.2) is 18.2 Å². The number of hydrogen-bond donors (Lipinski definition) is 3. The van der Waals surface area contributed by atoms with E-state index in [1.165, 1.54) is 0 Å². The van der Waals surface area contributed by atoms with E-state index in [9.17, 15) is 14.7 Å². The maximum atomic E-state index is 12.0. The summed E-state index contributed by atoms with van der Waals surface area (Å²) in [6, 6.07) is 5.65. The van der Waals surface area contributed by atoms with Gasteiger partial charge in [0.2, 0.25) is 0 Å². The monoisotopic (exact) mass is 290 g/mol. The number of carboxylic acid groups (broad SMARTS) is 1. The summed E-state index contributed by atoms with van der Waals surface area (Å²) < 4.78 is 0. The van der Waals surface area contributed by atoms with Gasteiger partial charge in [0.15, 0.2) is 0 Å². The van der Waals surface area contributed by atoms with Crippen LogP contribution in [0, 0.1) is 13.8 Å². The molecular weight excluding hydrogens is 268 g/mol. The van der Waals surface area contributed by atoms with E-state index in [-0.39, 0.29) is 0 Å². The van der Waals surface area contributed by atoms with Crippen molar-refractivity contribution in [2.24, 2.45) is 0 Å². The summed E-state index contributed by atoms with van der Waals surface area (Å²) in [6.45, 7) is 4.39. The van der Waals surface area contributed by atoms with Gasteiger partial charge in [-0.05, 0) is 37.8 Å². The predicted molar refractivity (Wildman–Crippen MR) is 80.1 cm³/mol. The summed E-state index contributed by atoms with van der Waals surface area (Å²) in [6.07, 6.45) is 2.67. The first-order valence-corrected chi connectivity index (χ1v) is 7.28. The Morgan fingerprint density at radius 1 is 1.24 bits per heavy atom. The smallest absolute Gasteiger partial charge is 0.329 e. The summed E-state index contributed by atoms with van der Waals surface area (Å²) in [4.78, 5) is 23.4. The molecule has 0 heterocycles. The average Bonchev–Trinajstić information content (AvgIpc) is 2.89. The first-order valence-electron chi connectivity index (χ1n) is 7.28. The second kappa shape index (κ2) is 6.16. The van der Waals surface area contributed by atoms with Gasteiger partial charge in [-0.3, -0.25) is 0 Å². The van der Waals surface area contributed by atoms with Crippen molar-refractivity contribution >= 4 is 12.0 Å². The molecule has 5 nitrogen and oxygen atoms in total. The average molecular weight is 290 g/mol. The number of rotatable bonds is 4. The van der Waals surface area contributed by atoms with Gasteiger partial charge in [-0.2, -0.15) is 0 Å². The highest BCUT2D eigenvalue weighted by molar-refractivity contribution is 5.86. The van der Waals surface area contributed by atoms with Crippen LogP contribution >= 0.6 is 0 Å². The molecule has 0 aliphatic heterocycles. The Morgan fingerprint density at radius 2 is 1.90 bits per heavy atom. The lowest BCUT2D eigenvalue weighted by Crippen LogP contribution is -2.55. The second-order valence-electron chi connectivity index (χ2n) is 5.83. The molecule has 0 aromatic heterocycles. The van der Waals surface area contributed by atoms with Crippen LogP contribution in [-0.4, -0.2) is 22.6 Å². The van der Waals surface area contributed by atoms with Crippen molar-refractivity contribution in [2.75, 3.05) is 0 Å². The van der Waals surface area contributed by atoms with Crippen molar-refractivity contribution in [1.29, 1.82) is 0 Å². The largest absolute Gasteiger partial charge is 0.480 e. The van der Waals surface area contributed by atoms with Crippen LogP contribution in [0.1, 0.15) is 42.4 Å². The lowest BCUT2D eigenvalue weighted by molar-refractivity contribution is -0.144. The summed E-state index contributed by atoms with van der Waals surface area (Å²) >= 11 is 0. The molecule has 114 valence electrons. The molecule has 0 bridgehead atoms. The van der Waals surface area contributed by atoms with Gasteiger partial charge in [-0.25, -0.2) is 9.59 Å². The van der Waals surface area contributed by atoms with Crippen LogP contribution in [0.5, 0.6) is 0 Å². The highest BCUT2D eigenvalue weighted by Gasteiger charge is 2.42. The van der Waals surface area contributed by atoms with Crippen LogP contribution in [0.25, 0.3) is 0 Å². The van der Waals surface area contributed by atoms with Crippen molar-refractivity contribution in [3.8, 4) is 0 Å². The van der Waals surface area contributed by atoms with Crippen molar-refractivity contribution in [2.45, 2.75) is 51.6 Å². The number of carbonyl (C=O) groups is 2. The number of nitrogens with one attached hydrogen (secondary N) is 2. The summed E-state index contributed by atoms with van der Waals surface area (Å²) in [5, 5.41) is 14.7. The van der Waals surface area contributed by atoms with E-state index >= 15 is 0 Å². The highest BCUT2D eigenvalue weighted by Crippen LogP contribution is 2.29. The molecule has 1 aliphatic rings. The Hall–Kier alpha value is -2.04. The van der Waals surface area contributed by atoms with E-state index in [0.29, 0.717) is 19.4 Å². The Balaban J connectivity index is 1.96. The van der Waals surface area contributed by atoms with E-state index in [1.807, 2.05) is 32.0 Å². The number of amides is 2. The molecular formula is C16H22N2O3. The number of carbonyl (C=O) groups excluding carboxylic acids is 1. The summed E-state index contributed by atoms with van der Waals surface area (Å²) in [5.74, 6) is -0.943. The van der Waals surface area contributed by atoms with Crippen LogP contribution in [0.3, 0.4) is 0 Å². The van der Waals surface area contributed by atoms with Gasteiger partial charge in [0.25, 0.3) is 0 Å². The maximum Gasteiger partial charge on any atom is 0.329 e. The van der Waals surface area contributed by atoms with Crippen molar-refractivity contribution in [3.63, 3.8) is 0 Å². The molecule has 1 saturated carbocycles. The third kappa shape index (κ3) is 3.54. The maximum absolute atomic E-state index is 12.0. The second-order valence-corrected chi connectivity index (χ2v) is 5.83. The Morgan fingerprint density at radius 3 is 2.52 bits per heavy atom. The number of urea groups is 1. The molecule has 0 saturated heterocycles. The summed E-state index contributed by atoms with van der Waals surface area (Å²) in [5.41, 5.74) is 2.19. The third-order valence-corrected chi connectivity index (χ3v) is 4.16. The van der Waals surface area contributed by atoms with Gasteiger partial charge in [-0.1, -0.05) is 36.6 Å². The molecule has 2 amide bonds. The molecule has 1 aromatic rings. The molecule has 0 radical (unpaired) electrons. The lowest BCUT2D eigenvalue weighted by atomic mass is 9.98. The Kier molecular flexibility index (Phi) is 4.50. The SMILES string of the molecule is Cc1ccc(C)c(CNC(=O)NC2(C(=O)O)CCCC2)c1. The van der Waals surface area contributed by atoms with Crippen molar-refractivity contribution in [1.82, 2.24) is 10.6 Å². The molecule has 0 atom stereocenters. The first kappa shape index (κ1) is 15.4. The molecule has 0 spiro atoms. The van der Waals surface area contributed by atoms with E-state index < -0.39 is 17.5 Å². The van der Waals surface area contributed by atoms with Gasteiger partial charge in [0.1, 0.15) is 5.54 Å². The van der Waals surface area contributed by atoms with E-state index in [4.69, 9.17) is 0 Å². The van der Waals surface area contributed by atoms with Gasteiger partial charge < -0.3 is 15.7 Å². The molecule has 2 rings (SSSR count). The third-order valence-electron chi connectivity index (χ3n) is 4.16. The topological polar surface area (TPSA) is 78.4 Å². The number of hydrogen-bond acceptors (Lipinski definition) is 2. The number of aliphatic carboxylic acids is 1. The first-order chi connectivity index (χ1) is 9.93. The van der Waals surface area contributed by atoms with E-state index in [2.05, 4.69) is 10.6 Å². The fourth-order valence-electron chi connectivity index (χ4n) is 2.80. The fraction of sp³-hybridized carbons (Fsp3) is 0.500. The van der Waals surface area contributed by atoms with Crippen molar-refractivity contribution < 1.29 is 14.7 Å². The van der Waals surface area contributed by atoms with Gasteiger partial charge in [-0.15, -0.1) is 0 Å². The number of carboxylic acids is 1. The molecule has 5 heteroatoms. The molecule has 1 aromatic carbocycles. The van der Waals surface area contributed by atoms with Crippen LogP contribution in [0.4, 0.5) is 4.79 Å².